The number of ether oxygens (including phenoxy) is 2. The SMILES string of the molecule is CCCCOC1CC(NC(=NCc2nnc(C)n2C)NCCN2CCOCC2)C1(C)C.I. The van der Waals surface area contributed by atoms with Gasteiger partial charge < -0.3 is 24.7 Å². The van der Waals surface area contributed by atoms with E-state index in [1.807, 2.05) is 18.5 Å². The highest BCUT2D eigenvalue weighted by atomic mass is 127. The molecule has 1 saturated heterocycles. The van der Waals surface area contributed by atoms with Gasteiger partial charge in [0.05, 0.1) is 19.3 Å². The monoisotopic (exact) mass is 563 g/mol. The fourth-order valence-corrected chi connectivity index (χ4v) is 4.00. The van der Waals surface area contributed by atoms with Gasteiger partial charge >= 0.3 is 0 Å². The van der Waals surface area contributed by atoms with Crippen molar-refractivity contribution in [2.75, 3.05) is 46.0 Å². The minimum atomic E-state index is 0. The van der Waals surface area contributed by atoms with E-state index in [1.54, 1.807) is 0 Å². The molecule has 2 atom stereocenters. The zero-order valence-corrected chi connectivity index (χ0v) is 22.7. The largest absolute Gasteiger partial charge is 0.379 e. The maximum atomic E-state index is 6.11. The van der Waals surface area contributed by atoms with E-state index < -0.39 is 0 Å². The highest BCUT2D eigenvalue weighted by Gasteiger charge is 2.49. The first kappa shape index (κ1) is 27.3. The van der Waals surface area contributed by atoms with Crippen LogP contribution in [0.25, 0.3) is 0 Å². The number of aryl methyl sites for hydroxylation is 1. The van der Waals surface area contributed by atoms with Gasteiger partial charge in [-0.05, 0) is 19.8 Å². The molecular formula is C22H42IN7O2. The van der Waals surface area contributed by atoms with E-state index >= 15 is 0 Å². The number of unbranched alkanes of at least 4 members (excludes halogenated alkanes) is 1. The van der Waals surface area contributed by atoms with Crippen molar-refractivity contribution in [1.82, 2.24) is 30.3 Å². The number of nitrogens with zero attached hydrogens (tertiary/aromatic N) is 5. The summed E-state index contributed by atoms with van der Waals surface area (Å²) in [6.07, 6.45) is 3.59. The third kappa shape index (κ3) is 7.26. The lowest BCUT2D eigenvalue weighted by molar-refractivity contribution is -0.113. The van der Waals surface area contributed by atoms with Gasteiger partial charge in [-0.2, -0.15) is 0 Å². The predicted octanol–water partition coefficient (Wildman–Crippen LogP) is 2.09. The molecule has 10 heteroatoms. The van der Waals surface area contributed by atoms with Gasteiger partial charge in [-0.1, -0.05) is 27.2 Å². The molecule has 1 aliphatic carbocycles. The highest BCUT2D eigenvalue weighted by Crippen LogP contribution is 2.42. The number of hydrogen-bond donors (Lipinski definition) is 2. The van der Waals surface area contributed by atoms with Crippen LogP contribution in [0, 0.1) is 12.3 Å². The Balaban J connectivity index is 0.00000363. The molecule has 0 aromatic carbocycles. The number of halogens is 1. The van der Waals surface area contributed by atoms with Crippen molar-refractivity contribution in [2.24, 2.45) is 17.5 Å². The third-order valence-corrected chi connectivity index (χ3v) is 6.69. The number of hydrogen-bond acceptors (Lipinski definition) is 6. The standard InChI is InChI=1S/C22H41N7O2.HI/c1-6-7-12-31-19-15-18(22(19,3)4)25-21(23-8-9-29-10-13-30-14-11-29)24-16-20-27-26-17(2)28(20)5;/h18-19H,6-16H2,1-5H3,(H2,23,24,25);1H. The van der Waals surface area contributed by atoms with Gasteiger partial charge in [-0.25, -0.2) is 4.99 Å². The zero-order valence-electron chi connectivity index (χ0n) is 20.4. The van der Waals surface area contributed by atoms with Crippen LogP contribution >= 0.6 is 24.0 Å². The van der Waals surface area contributed by atoms with E-state index in [1.165, 1.54) is 6.42 Å². The van der Waals surface area contributed by atoms with Crippen molar-refractivity contribution in [1.29, 1.82) is 0 Å². The van der Waals surface area contributed by atoms with Crippen LogP contribution in [0.3, 0.4) is 0 Å². The average Bonchev–Trinajstić information content (AvgIpc) is 3.08. The lowest BCUT2D eigenvalue weighted by atomic mass is 9.64. The molecule has 0 bridgehead atoms. The fraction of sp³-hybridized carbons (Fsp3) is 0.864. The van der Waals surface area contributed by atoms with Crippen LogP contribution < -0.4 is 10.6 Å². The summed E-state index contributed by atoms with van der Waals surface area (Å²) in [4.78, 5) is 7.25. The molecule has 9 nitrogen and oxygen atoms in total. The summed E-state index contributed by atoms with van der Waals surface area (Å²) in [6.45, 7) is 15.5. The number of guanidine groups is 1. The van der Waals surface area contributed by atoms with Crippen molar-refractivity contribution < 1.29 is 9.47 Å². The molecule has 2 heterocycles. The number of aromatic nitrogens is 3. The molecule has 0 amide bonds. The molecule has 2 fully saturated rings. The van der Waals surface area contributed by atoms with Gasteiger partial charge in [0.15, 0.2) is 11.8 Å². The molecule has 1 aromatic rings. The van der Waals surface area contributed by atoms with Crippen molar-refractivity contribution in [2.45, 2.75) is 65.6 Å². The molecule has 0 radical (unpaired) electrons. The summed E-state index contributed by atoms with van der Waals surface area (Å²) in [5, 5.41) is 15.6. The van der Waals surface area contributed by atoms with Gasteiger partial charge in [0.2, 0.25) is 0 Å². The van der Waals surface area contributed by atoms with Crippen LogP contribution in [-0.2, 0) is 23.1 Å². The first-order chi connectivity index (χ1) is 14.9. The van der Waals surface area contributed by atoms with Crippen molar-refractivity contribution in [3.63, 3.8) is 0 Å². The van der Waals surface area contributed by atoms with E-state index in [-0.39, 0.29) is 29.4 Å². The molecule has 184 valence electrons. The second kappa shape index (κ2) is 13.0. The Hall–Kier alpha value is -0.980. The molecule has 32 heavy (non-hydrogen) atoms. The minimum Gasteiger partial charge on any atom is -0.379 e. The van der Waals surface area contributed by atoms with Crippen LogP contribution in [0.15, 0.2) is 4.99 Å². The van der Waals surface area contributed by atoms with Gasteiger partial charge in [0.1, 0.15) is 12.4 Å². The number of rotatable bonds is 10. The Kier molecular flexibility index (Phi) is 11.1. The highest BCUT2D eigenvalue weighted by molar-refractivity contribution is 14.0. The Morgan fingerprint density at radius 1 is 1.28 bits per heavy atom. The van der Waals surface area contributed by atoms with Crippen LogP contribution in [0.2, 0.25) is 0 Å². The van der Waals surface area contributed by atoms with E-state index in [2.05, 4.69) is 46.5 Å². The second-order valence-corrected chi connectivity index (χ2v) is 9.24. The van der Waals surface area contributed by atoms with Crippen LogP contribution in [0.1, 0.15) is 51.7 Å². The summed E-state index contributed by atoms with van der Waals surface area (Å²) in [5.74, 6) is 2.59. The molecule has 1 saturated carbocycles. The van der Waals surface area contributed by atoms with Crippen molar-refractivity contribution in [3.8, 4) is 0 Å². The third-order valence-electron chi connectivity index (χ3n) is 6.69. The summed E-state index contributed by atoms with van der Waals surface area (Å²) in [5.41, 5.74) is 0.0712. The summed E-state index contributed by atoms with van der Waals surface area (Å²) >= 11 is 0. The molecule has 1 aliphatic heterocycles. The summed E-state index contributed by atoms with van der Waals surface area (Å²) in [6, 6.07) is 0.329. The van der Waals surface area contributed by atoms with E-state index in [0.717, 1.165) is 76.4 Å². The lowest BCUT2D eigenvalue weighted by Gasteiger charge is -2.52. The second-order valence-electron chi connectivity index (χ2n) is 9.24. The number of aliphatic imine (C=N–C) groups is 1. The molecule has 0 spiro atoms. The summed E-state index contributed by atoms with van der Waals surface area (Å²) < 4.78 is 13.5. The fourth-order valence-electron chi connectivity index (χ4n) is 4.00. The number of nitrogens with one attached hydrogen (secondary N) is 2. The smallest absolute Gasteiger partial charge is 0.191 e. The normalized spacial score (nSPS) is 23.3. The van der Waals surface area contributed by atoms with Crippen LogP contribution in [0.5, 0.6) is 0 Å². The maximum absolute atomic E-state index is 6.11. The molecular weight excluding hydrogens is 521 g/mol. The van der Waals surface area contributed by atoms with Gasteiger partial charge in [0, 0.05) is 51.3 Å². The zero-order chi connectivity index (χ0) is 22.3. The lowest BCUT2D eigenvalue weighted by Crippen LogP contribution is -2.63. The van der Waals surface area contributed by atoms with Crippen molar-refractivity contribution in [3.05, 3.63) is 11.6 Å². The Morgan fingerprint density at radius 3 is 2.66 bits per heavy atom. The molecule has 2 unspecified atom stereocenters. The maximum Gasteiger partial charge on any atom is 0.191 e. The first-order valence-electron chi connectivity index (χ1n) is 11.7. The first-order valence-corrected chi connectivity index (χ1v) is 11.7. The Labute approximate surface area is 210 Å². The molecule has 1 aromatic heterocycles. The quantitative estimate of drug-likeness (QED) is 0.195. The van der Waals surface area contributed by atoms with Gasteiger partial charge in [-0.15, -0.1) is 34.2 Å². The predicted molar refractivity (Wildman–Crippen MR) is 138 cm³/mol. The Morgan fingerprint density at radius 2 is 2.03 bits per heavy atom. The molecule has 2 N–H and O–H groups in total. The Bertz CT molecular complexity index is 719. The van der Waals surface area contributed by atoms with E-state index in [4.69, 9.17) is 14.5 Å². The topological polar surface area (TPSA) is 88.8 Å². The van der Waals surface area contributed by atoms with Gasteiger partial charge in [-0.3, -0.25) is 4.90 Å². The number of morpholine rings is 1. The molecule has 3 rings (SSSR count). The van der Waals surface area contributed by atoms with Crippen molar-refractivity contribution >= 4 is 29.9 Å². The average molecular weight is 564 g/mol. The van der Waals surface area contributed by atoms with Gasteiger partial charge in [0.25, 0.3) is 0 Å². The van der Waals surface area contributed by atoms with E-state index in [9.17, 15) is 0 Å². The summed E-state index contributed by atoms with van der Waals surface area (Å²) in [7, 11) is 1.98. The van der Waals surface area contributed by atoms with Crippen LogP contribution in [0.4, 0.5) is 0 Å². The molecule has 2 aliphatic rings. The minimum absolute atomic E-state index is 0. The van der Waals surface area contributed by atoms with E-state index in [0.29, 0.717) is 18.7 Å². The van der Waals surface area contributed by atoms with Crippen LogP contribution in [-0.4, -0.2) is 83.8 Å².